The first-order valence-electron chi connectivity index (χ1n) is 7.74. The number of carbonyl (C=O) groups is 2. The van der Waals surface area contributed by atoms with Gasteiger partial charge >= 0.3 is 17.9 Å². The fourth-order valence-electron chi connectivity index (χ4n) is 2.79. The Bertz CT molecular complexity index is 464. The van der Waals surface area contributed by atoms with Crippen molar-refractivity contribution in [2.24, 2.45) is 0 Å². The zero-order valence-electron chi connectivity index (χ0n) is 14.1. The highest BCUT2D eigenvalue weighted by Gasteiger charge is 2.73. The van der Waals surface area contributed by atoms with E-state index in [2.05, 4.69) is 0 Å². The van der Waals surface area contributed by atoms with Crippen LogP contribution in [-0.4, -0.2) is 77.6 Å². The minimum absolute atomic E-state index is 0.213. The number of amides is 4. The number of likely N-dealkylation sites (N-methyl/N-ethyl adjacent to an activating group) is 1. The van der Waals surface area contributed by atoms with Crippen LogP contribution >= 0.6 is 0 Å². The molecule has 10 nitrogen and oxygen atoms in total. The van der Waals surface area contributed by atoms with Crippen molar-refractivity contribution in [1.82, 2.24) is 20.1 Å². The van der Waals surface area contributed by atoms with Crippen LogP contribution in [-0.2, 0) is 19.2 Å². The summed E-state index contributed by atoms with van der Waals surface area (Å²) in [6.45, 7) is 7.90. The molecule has 0 N–H and O–H groups in total. The van der Waals surface area contributed by atoms with E-state index < -0.39 is 24.1 Å². The molecule has 2 unspecified atom stereocenters. The third-order valence-corrected chi connectivity index (χ3v) is 3.49. The van der Waals surface area contributed by atoms with Gasteiger partial charge in [0.1, 0.15) is 0 Å². The quantitative estimate of drug-likeness (QED) is 0.658. The molecule has 132 valence electrons. The van der Waals surface area contributed by atoms with Crippen LogP contribution in [0.25, 0.3) is 0 Å². The van der Waals surface area contributed by atoms with Gasteiger partial charge < -0.3 is 4.74 Å². The Labute approximate surface area is 135 Å². The second kappa shape index (κ2) is 6.87. The monoisotopic (exact) mass is 332 g/mol. The second-order valence-corrected chi connectivity index (χ2v) is 4.81. The van der Waals surface area contributed by atoms with Crippen LogP contribution in [0, 0.1) is 0 Å². The molecule has 0 aromatic carbocycles. The molecule has 2 fully saturated rings. The lowest BCUT2D eigenvalue weighted by Crippen LogP contribution is -2.61. The molecule has 2 atom stereocenters. The maximum atomic E-state index is 12.7. The van der Waals surface area contributed by atoms with Crippen molar-refractivity contribution in [3.8, 4) is 0 Å². The molecule has 0 radical (unpaired) electrons. The molecule has 0 saturated carbocycles. The van der Waals surface area contributed by atoms with E-state index in [4.69, 9.17) is 19.2 Å². The van der Waals surface area contributed by atoms with Crippen LogP contribution in [0.4, 0.5) is 9.59 Å². The highest BCUT2D eigenvalue weighted by Crippen LogP contribution is 2.44. The summed E-state index contributed by atoms with van der Waals surface area (Å²) >= 11 is 0. The molecule has 0 aromatic rings. The van der Waals surface area contributed by atoms with Crippen LogP contribution in [0.5, 0.6) is 0 Å². The molecule has 2 saturated heterocycles. The molecule has 2 heterocycles. The second-order valence-electron chi connectivity index (χ2n) is 4.81. The SMILES string of the molecule is CCON1C(=O)N(OCC)C2(OCC)C1N(C)C(=O)N2OCC. The van der Waals surface area contributed by atoms with Gasteiger partial charge in [0.15, 0.2) is 0 Å². The lowest BCUT2D eigenvalue weighted by Gasteiger charge is -2.38. The number of hydrogen-bond acceptors (Lipinski definition) is 6. The maximum Gasteiger partial charge on any atom is 0.374 e. The van der Waals surface area contributed by atoms with Crippen molar-refractivity contribution in [2.75, 3.05) is 33.5 Å². The fourth-order valence-corrected chi connectivity index (χ4v) is 2.79. The minimum atomic E-state index is -1.57. The van der Waals surface area contributed by atoms with E-state index in [0.717, 1.165) is 15.2 Å². The van der Waals surface area contributed by atoms with Crippen LogP contribution in [0.2, 0.25) is 0 Å². The number of ether oxygens (including phenoxy) is 1. The van der Waals surface area contributed by atoms with Crippen LogP contribution in [0.3, 0.4) is 0 Å². The van der Waals surface area contributed by atoms with Crippen LogP contribution in [0.1, 0.15) is 27.7 Å². The molecule has 0 spiro atoms. The minimum Gasteiger partial charge on any atom is -0.332 e. The molecule has 23 heavy (non-hydrogen) atoms. The smallest absolute Gasteiger partial charge is 0.332 e. The van der Waals surface area contributed by atoms with E-state index in [9.17, 15) is 9.59 Å². The molecule has 2 aliphatic heterocycles. The van der Waals surface area contributed by atoms with Crippen molar-refractivity contribution < 1.29 is 28.8 Å². The standard InChI is InChI=1S/C13H24N4O6/c1-6-20-13-10(14(5)11(18)16(13)22-8-3)15(21-7-2)12(19)17(13)23-9-4/h10H,6-9H2,1-5H3. The summed E-state index contributed by atoms with van der Waals surface area (Å²) in [6.07, 6.45) is -0.861. The highest BCUT2D eigenvalue weighted by molar-refractivity contribution is 5.84. The zero-order valence-corrected chi connectivity index (χ0v) is 14.1. The van der Waals surface area contributed by atoms with Gasteiger partial charge in [0.05, 0.1) is 19.8 Å². The van der Waals surface area contributed by atoms with Gasteiger partial charge in [-0.2, -0.15) is 5.06 Å². The molecule has 2 rings (SSSR count). The summed E-state index contributed by atoms with van der Waals surface area (Å²) in [7, 11) is 1.55. The summed E-state index contributed by atoms with van der Waals surface area (Å²) in [4.78, 5) is 42.9. The molecule has 10 heteroatoms. The molecule has 0 aliphatic carbocycles. The van der Waals surface area contributed by atoms with Gasteiger partial charge in [-0.1, -0.05) is 0 Å². The predicted molar refractivity (Wildman–Crippen MR) is 77.1 cm³/mol. The molecule has 4 amide bonds. The largest absolute Gasteiger partial charge is 0.374 e. The number of hydrogen-bond donors (Lipinski definition) is 0. The zero-order chi connectivity index (χ0) is 17.2. The van der Waals surface area contributed by atoms with Gasteiger partial charge in [0.2, 0.25) is 6.17 Å². The first-order valence-corrected chi connectivity index (χ1v) is 7.74. The van der Waals surface area contributed by atoms with Crippen LogP contribution in [0.15, 0.2) is 0 Å². The number of carbonyl (C=O) groups excluding carboxylic acids is 2. The van der Waals surface area contributed by atoms with Crippen LogP contribution < -0.4 is 0 Å². The Balaban J connectivity index is 2.55. The van der Waals surface area contributed by atoms with E-state index >= 15 is 0 Å². The van der Waals surface area contributed by atoms with E-state index in [1.54, 1.807) is 34.7 Å². The average molecular weight is 332 g/mol. The Kier molecular flexibility index (Phi) is 5.30. The number of hydroxylamine groups is 6. The van der Waals surface area contributed by atoms with Gasteiger partial charge in [0.25, 0.3) is 0 Å². The van der Waals surface area contributed by atoms with Crippen molar-refractivity contribution in [2.45, 2.75) is 39.7 Å². The number of urea groups is 2. The third kappa shape index (κ3) is 2.42. The van der Waals surface area contributed by atoms with E-state index in [1.807, 2.05) is 0 Å². The summed E-state index contributed by atoms with van der Waals surface area (Å²) in [6, 6.07) is -1.01. The van der Waals surface area contributed by atoms with E-state index in [-0.39, 0.29) is 26.4 Å². The van der Waals surface area contributed by atoms with E-state index in [1.165, 1.54) is 4.90 Å². The van der Waals surface area contributed by atoms with Crippen molar-refractivity contribution in [3.05, 3.63) is 0 Å². The first kappa shape index (κ1) is 17.7. The van der Waals surface area contributed by atoms with Gasteiger partial charge in [-0.15, -0.1) is 10.1 Å². The molecule has 0 aromatic heterocycles. The van der Waals surface area contributed by atoms with Crippen molar-refractivity contribution in [1.29, 1.82) is 0 Å². The van der Waals surface area contributed by atoms with Gasteiger partial charge in [-0.3, -0.25) is 19.4 Å². The normalized spacial score (nSPS) is 27.4. The summed E-state index contributed by atoms with van der Waals surface area (Å²) in [5.41, 5.74) is 0. The molecule has 0 bridgehead atoms. The Morgan fingerprint density at radius 3 is 1.87 bits per heavy atom. The third-order valence-electron chi connectivity index (χ3n) is 3.49. The highest BCUT2D eigenvalue weighted by atomic mass is 16.8. The van der Waals surface area contributed by atoms with Crippen molar-refractivity contribution >= 4 is 12.1 Å². The lowest BCUT2D eigenvalue weighted by molar-refractivity contribution is -0.375. The predicted octanol–water partition coefficient (Wildman–Crippen LogP) is 0.962. The maximum absolute atomic E-state index is 12.7. The summed E-state index contributed by atoms with van der Waals surface area (Å²) < 4.78 is 5.83. The number of nitrogens with zero attached hydrogens (tertiary/aromatic N) is 4. The Morgan fingerprint density at radius 1 is 0.870 bits per heavy atom. The van der Waals surface area contributed by atoms with Gasteiger partial charge in [-0.25, -0.2) is 9.59 Å². The molecule has 2 aliphatic rings. The summed E-state index contributed by atoms with van der Waals surface area (Å²) in [5.74, 6) is -1.57. The van der Waals surface area contributed by atoms with Crippen molar-refractivity contribution in [3.63, 3.8) is 0 Å². The lowest BCUT2D eigenvalue weighted by atomic mass is 10.3. The van der Waals surface area contributed by atoms with Gasteiger partial charge in [0, 0.05) is 13.7 Å². The first-order chi connectivity index (χ1) is 11.0. The van der Waals surface area contributed by atoms with E-state index in [0.29, 0.717) is 0 Å². The topological polar surface area (TPSA) is 84.0 Å². The molecular formula is C13H24N4O6. The Hall–Kier alpha value is -1.62. The fraction of sp³-hybridized carbons (Fsp3) is 0.846. The number of fused-ring (bicyclic) bond motifs is 1. The summed E-state index contributed by atoms with van der Waals surface area (Å²) in [5, 5.41) is 3.13. The van der Waals surface area contributed by atoms with Gasteiger partial charge in [-0.05, 0) is 27.7 Å². The molecular weight excluding hydrogens is 308 g/mol. The number of rotatable bonds is 8. The Morgan fingerprint density at radius 2 is 1.39 bits per heavy atom. The average Bonchev–Trinajstić information content (AvgIpc) is 2.86.